The standard InChI is InChI=1S/C84H57N6.Ir/c1-55-28-46-67(47-29-55)88-79-25-13-10-22-76(79)85-82(88)61-40-34-58(35-41-61)70-16-4-7-19-73(70)64-52-65(74-20-8-5-17-71(74)59-36-42-62(43-37-59)83-86-77-23-11-14-26-80(77)89(83)68-48-30-56(2)31-49-68)54-66(53-64)75-21-9-6-18-72(75)60-38-44-63(45-39-60)84-87-78-24-12-15-27-81(78)90(84)69-50-32-57(3)33-51-69;/h4-40,42,44,46-54H,1-3H3;/q-3;+3. The van der Waals surface area contributed by atoms with Crippen LogP contribution >= 0.6 is 0 Å². The van der Waals surface area contributed by atoms with Crippen molar-refractivity contribution >= 4 is 33.1 Å². The van der Waals surface area contributed by atoms with Crippen molar-refractivity contribution in [3.63, 3.8) is 0 Å². The molecule has 0 N–H and O–H groups in total. The average molecular weight is 1340 g/mol. The third-order valence-corrected chi connectivity index (χ3v) is 17.3. The number of nitrogens with zero attached hydrogens (tertiary/aromatic N) is 6. The van der Waals surface area contributed by atoms with Gasteiger partial charge in [-0.3, -0.25) is 15.0 Å². The van der Waals surface area contributed by atoms with Gasteiger partial charge in [0.15, 0.2) is 0 Å². The van der Waals surface area contributed by atoms with Crippen LogP contribution in [0.15, 0.2) is 291 Å². The molecule has 0 saturated heterocycles. The van der Waals surface area contributed by atoms with E-state index in [4.69, 9.17) is 15.0 Å². The van der Waals surface area contributed by atoms with Crippen LogP contribution < -0.4 is 0 Å². The van der Waals surface area contributed by atoms with Gasteiger partial charge in [0.25, 0.3) is 0 Å². The van der Waals surface area contributed by atoms with E-state index in [-0.39, 0.29) is 20.1 Å². The first-order chi connectivity index (χ1) is 44.3. The molecule has 7 heteroatoms. The summed E-state index contributed by atoms with van der Waals surface area (Å²) in [7, 11) is 0. The number of hydrogen-bond donors (Lipinski definition) is 0. The van der Waals surface area contributed by atoms with Gasteiger partial charge in [-0.15, -0.1) is 89.5 Å². The first kappa shape index (κ1) is 56.4. The van der Waals surface area contributed by atoms with Crippen molar-refractivity contribution in [3.05, 3.63) is 326 Å². The summed E-state index contributed by atoms with van der Waals surface area (Å²) in [5.41, 5.74) is 28.5. The third-order valence-electron chi connectivity index (χ3n) is 17.3. The van der Waals surface area contributed by atoms with Gasteiger partial charge in [-0.05, 0) is 145 Å². The monoisotopic (exact) mass is 1340 g/mol. The predicted octanol–water partition coefficient (Wildman–Crippen LogP) is 21.0. The van der Waals surface area contributed by atoms with Gasteiger partial charge in [0.05, 0.1) is 50.6 Å². The van der Waals surface area contributed by atoms with Crippen molar-refractivity contribution in [1.82, 2.24) is 28.7 Å². The second-order valence-corrected chi connectivity index (χ2v) is 23.2. The number of benzene rings is 13. The van der Waals surface area contributed by atoms with Crippen molar-refractivity contribution < 1.29 is 20.1 Å². The Morgan fingerprint density at radius 3 is 0.747 bits per heavy atom. The van der Waals surface area contributed by atoms with E-state index in [0.717, 1.165) is 151 Å². The summed E-state index contributed by atoms with van der Waals surface area (Å²) in [4.78, 5) is 15.6. The smallest absolute Gasteiger partial charge is 0.333 e. The van der Waals surface area contributed by atoms with Crippen molar-refractivity contribution in [3.8, 4) is 118 Å². The zero-order valence-electron chi connectivity index (χ0n) is 50.2. The maximum Gasteiger partial charge on any atom is 3.00 e. The van der Waals surface area contributed by atoms with Crippen LogP contribution in [0.2, 0.25) is 0 Å². The van der Waals surface area contributed by atoms with E-state index in [1.54, 1.807) is 0 Å². The average Bonchev–Trinajstić information content (AvgIpc) is 1.94. The topological polar surface area (TPSA) is 53.5 Å². The van der Waals surface area contributed by atoms with Gasteiger partial charge >= 0.3 is 20.1 Å². The normalized spacial score (nSPS) is 11.4. The zero-order chi connectivity index (χ0) is 60.2. The van der Waals surface area contributed by atoms with Gasteiger partial charge in [-0.2, -0.15) is 0 Å². The molecule has 0 amide bonds. The van der Waals surface area contributed by atoms with E-state index in [1.165, 1.54) is 16.7 Å². The summed E-state index contributed by atoms with van der Waals surface area (Å²) in [6.45, 7) is 6.35. The fourth-order valence-corrected chi connectivity index (χ4v) is 12.7. The molecule has 0 aliphatic carbocycles. The maximum atomic E-state index is 5.19. The van der Waals surface area contributed by atoms with Gasteiger partial charge in [0.2, 0.25) is 0 Å². The van der Waals surface area contributed by atoms with Crippen LogP contribution in [0.25, 0.3) is 151 Å². The quantitative estimate of drug-likeness (QED) is 0.115. The van der Waals surface area contributed by atoms with Crippen LogP contribution in [0, 0.1) is 39.0 Å². The summed E-state index contributed by atoms with van der Waals surface area (Å²) in [6.07, 6.45) is 0. The summed E-state index contributed by atoms with van der Waals surface area (Å²) >= 11 is 0. The fourth-order valence-electron chi connectivity index (χ4n) is 12.7. The number of aryl methyl sites for hydroxylation is 3. The third kappa shape index (κ3) is 10.5. The fraction of sp³-hybridized carbons (Fsp3) is 0.0357. The van der Waals surface area contributed by atoms with Crippen molar-refractivity contribution in [2.75, 3.05) is 0 Å². The van der Waals surface area contributed by atoms with E-state index < -0.39 is 0 Å². The Labute approximate surface area is 543 Å². The molecule has 3 aromatic heterocycles. The largest absolute Gasteiger partial charge is 3.00 e. The van der Waals surface area contributed by atoms with Gasteiger partial charge in [-0.1, -0.05) is 196 Å². The van der Waals surface area contributed by atoms with Crippen molar-refractivity contribution in [1.29, 1.82) is 0 Å². The van der Waals surface area contributed by atoms with Crippen molar-refractivity contribution in [2.45, 2.75) is 20.8 Å². The van der Waals surface area contributed by atoms with Crippen LogP contribution in [0.5, 0.6) is 0 Å². The second kappa shape index (κ2) is 23.8. The van der Waals surface area contributed by atoms with Crippen LogP contribution in [-0.4, -0.2) is 28.7 Å². The molecule has 3 heterocycles. The molecular formula is C84H57IrN6. The molecule has 16 rings (SSSR count). The second-order valence-electron chi connectivity index (χ2n) is 23.2. The minimum absolute atomic E-state index is 0. The number of rotatable bonds is 12. The Morgan fingerprint density at radius 2 is 0.495 bits per heavy atom. The molecule has 6 nitrogen and oxygen atoms in total. The van der Waals surface area contributed by atoms with Gasteiger partial charge in [-0.25, -0.2) is 0 Å². The SMILES string of the molecule is Cc1ccc(-n2c(-c3[c-]cc(-c4ccccc4-c4cc(-c5ccccc5-c5c[c-]c(-c6nc7ccccc7n6-c6ccc(C)cc6)cc5)cc(-c5ccccc5-c5c[c-]c(-c6nc7ccccc7n6-c6ccc(C)cc6)cc5)c4)cc3)nc3ccccc32)cc1.[Ir+3]. The van der Waals surface area contributed by atoms with Gasteiger partial charge in [0.1, 0.15) is 0 Å². The Kier molecular flexibility index (Phi) is 14.8. The van der Waals surface area contributed by atoms with Crippen LogP contribution in [-0.2, 0) is 20.1 Å². The van der Waals surface area contributed by atoms with Gasteiger partial charge in [0, 0.05) is 17.1 Å². The molecule has 0 saturated carbocycles. The molecule has 0 radical (unpaired) electrons. The van der Waals surface area contributed by atoms with E-state index in [1.807, 2.05) is 18.2 Å². The molecule has 91 heavy (non-hydrogen) atoms. The summed E-state index contributed by atoms with van der Waals surface area (Å²) in [5.74, 6) is 2.54. The summed E-state index contributed by atoms with van der Waals surface area (Å²) in [5, 5.41) is 0. The Hall–Kier alpha value is -11.1. The van der Waals surface area contributed by atoms with E-state index in [0.29, 0.717) is 0 Å². The van der Waals surface area contributed by atoms with Crippen LogP contribution in [0.4, 0.5) is 0 Å². The first-order valence-corrected chi connectivity index (χ1v) is 30.5. The molecule has 0 aliphatic rings. The molecule has 0 spiro atoms. The number of imidazole rings is 3. The maximum absolute atomic E-state index is 5.19. The number of para-hydroxylation sites is 6. The van der Waals surface area contributed by atoms with Crippen LogP contribution in [0.1, 0.15) is 16.7 Å². The first-order valence-electron chi connectivity index (χ1n) is 30.5. The Bertz CT molecular complexity index is 4800. The zero-order valence-corrected chi connectivity index (χ0v) is 52.6. The number of aromatic nitrogens is 6. The molecule has 432 valence electrons. The predicted molar refractivity (Wildman–Crippen MR) is 370 cm³/mol. The summed E-state index contributed by atoms with van der Waals surface area (Å²) in [6, 6.07) is 115. The molecule has 16 aromatic rings. The molecule has 0 fully saturated rings. The summed E-state index contributed by atoms with van der Waals surface area (Å²) < 4.78 is 6.72. The van der Waals surface area contributed by atoms with Crippen molar-refractivity contribution in [2.24, 2.45) is 0 Å². The molecule has 0 aliphatic heterocycles. The molecule has 13 aromatic carbocycles. The molecule has 0 atom stereocenters. The number of hydrogen-bond acceptors (Lipinski definition) is 3. The number of fused-ring (bicyclic) bond motifs is 3. The van der Waals surface area contributed by atoms with Gasteiger partial charge < -0.3 is 13.7 Å². The Balaban J connectivity index is 0.00000689. The Morgan fingerprint density at radius 1 is 0.253 bits per heavy atom. The van der Waals surface area contributed by atoms with E-state index >= 15 is 0 Å². The molecule has 0 bridgehead atoms. The minimum Gasteiger partial charge on any atom is -0.333 e. The van der Waals surface area contributed by atoms with Crippen LogP contribution in [0.3, 0.4) is 0 Å². The molecular weight excluding hydrogens is 1290 g/mol. The minimum atomic E-state index is 0. The molecule has 0 unspecified atom stereocenters. The van der Waals surface area contributed by atoms with E-state index in [2.05, 4.69) is 326 Å². The van der Waals surface area contributed by atoms with E-state index in [9.17, 15) is 0 Å².